The fourth-order valence-corrected chi connectivity index (χ4v) is 9.16. The molecule has 8 rings (SSSR count). The zero-order chi connectivity index (χ0) is 38.8. The molecule has 15 heteroatoms. The molecule has 0 bridgehead atoms. The van der Waals surface area contributed by atoms with Crippen molar-refractivity contribution in [2.45, 2.75) is 38.5 Å². The molecule has 2 N–H and O–H groups in total. The highest BCUT2D eigenvalue weighted by Gasteiger charge is 2.25. The van der Waals surface area contributed by atoms with Crippen LogP contribution >= 0.6 is 45.3 Å². The summed E-state index contributed by atoms with van der Waals surface area (Å²) in [5.41, 5.74) is 5.28. The number of aromatic nitrogens is 2. The number of halogens is 5. The van der Waals surface area contributed by atoms with Gasteiger partial charge in [-0.25, -0.2) is 32.3 Å². The van der Waals surface area contributed by atoms with E-state index in [-0.39, 0.29) is 5.13 Å². The minimum Gasteiger partial charge on any atom is -0.465 e. The number of nitrogens with zero attached hydrogens (tertiary/aromatic N) is 2. The van der Waals surface area contributed by atoms with E-state index in [1.54, 1.807) is 6.07 Å². The Kier molecular flexibility index (Phi) is 11.4. The average molecular weight is 897 g/mol. The number of esters is 1. The van der Waals surface area contributed by atoms with Gasteiger partial charge in [-0.1, -0.05) is 46.9 Å². The summed E-state index contributed by atoms with van der Waals surface area (Å²) >= 11 is 4.88. The highest BCUT2D eigenvalue weighted by atomic mass is 127. The van der Waals surface area contributed by atoms with E-state index in [2.05, 4.69) is 55.3 Å². The third-order valence-corrected chi connectivity index (χ3v) is 11.8. The Morgan fingerprint density at radius 3 is 1.58 bits per heavy atom. The number of ether oxygens (including phenoxy) is 1. The summed E-state index contributed by atoms with van der Waals surface area (Å²) in [4.78, 5) is 47.3. The second-order valence-electron chi connectivity index (χ2n) is 12.6. The lowest BCUT2D eigenvalue weighted by Gasteiger charge is -2.08. The molecular formula is C40H29F4IN4O4S2. The Hall–Kier alpha value is -5.00. The summed E-state index contributed by atoms with van der Waals surface area (Å²) < 4.78 is 61.3. The Labute approximate surface area is 334 Å². The summed E-state index contributed by atoms with van der Waals surface area (Å²) in [5.74, 6) is -5.75. The minimum absolute atomic E-state index is 0.271. The minimum atomic E-state index is -0.929. The Bertz CT molecular complexity index is 2450. The SMILES string of the molecule is COC(=O)c1ccc2c(c1)CCCc1nc(NC(=O)c3c(F)cccc3F)sc1-2.O=C(Nc1nc2c(s1)-c1ccc(I)cc1CCC2)c1c(F)cccc1F. The first-order chi connectivity index (χ1) is 26.5. The molecular weight excluding hydrogens is 867 g/mol. The number of rotatable bonds is 5. The van der Waals surface area contributed by atoms with Crippen molar-refractivity contribution in [3.05, 3.63) is 139 Å². The lowest BCUT2D eigenvalue weighted by molar-refractivity contribution is 0.0600. The van der Waals surface area contributed by atoms with Crippen molar-refractivity contribution in [1.82, 2.24) is 9.97 Å². The molecule has 0 saturated carbocycles. The fraction of sp³-hybridized carbons (Fsp3) is 0.175. The van der Waals surface area contributed by atoms with E-state index in [9.17, 15) is 31.9 Å². The predicted octanol–water partition coefficient (Wildman–Crippen LogP) is 10.0. The van der Waals surface area contributed by atoms with E-state index < -0.39 is 52.2 Å². The third-order valence-electron chi connectivity index (χ3n) is 9.02. The van der Waals surface area contributed by atoms with E-state index in [0.717, 1.165) is 94.2 Å². The van der Waals surface area contributed by atoms with Crippen LogP contribution in [0.1, 0.15) is 66.4 Å². The van der Waals surface area contributed by atoms with Crippen LogP contribution in [0.5, 0.6) is 0 Å². The molecule has 6 aromatic rings. The number of nitrogens with one attached hydrogen (secondary N) is 2. The van der Waals surface area contributed by atoms with Crippen LogP contribution in [0.3, 0.4) is 0 Å². The summed E-state index contributed by atoms with van der Waals surface area (Å²) in [7, 11) is 1.34. The molecule has 0 saturated heterocycles. The van der Waals surface area contributed by atoms with Crippen molar-refractivity contribution >= 4 is 73.3 Å². The zero-order valence-corrected chi connectivity index (χ0v) is 32.7. The number of hydrogen-bond donors (Lipinski definition) is 2. The van der Waals surface area contributed by atoms with Gasteiger partial charge >= 0.3 is 5.97 Å². The van der Waals surface area contributed by atoms with Crippen LogP contribution < -0.4 is 10.6 Å². The number of aryl methyl sites for hydroxylation is 4. The molecule has 0 fully saturated rings. The number of fused-ring (bicyclic) bond motifs is 6. The van der Waals surface area contributed by atoms with Gasteiger partial charge < -0.3 is 4.74 Å². The molecule has 0 spiro atoms. The fourth-order valence-electron chi connectivity index (χ4n) is 6.47. The van der Waals surface area contributed by atoms with Crippen molar-refractivity contribution in [3.8, 4) is 20.9 Å². The van der Waals surface area contributed by atoms with E-state index in [4.69, 9.17) is 4.74 Å². The maximum absolute atomic E-state index is 13.9. The van der Waals surface area contributed by atoms with Crippen LogP contribution in [-0.4, -0.2) is 34.9 Å². The van der Waals surface area contributed by atoms with Gasteiger partial charge in [0.1, 0.15) is 34.4 Å². The smallest absolute Gasteiger partial charge is 0.337 e. The molecule has 0 atom stereocenters. The summed E-state index contributed by atoms with van der Waals surface area (Å²) in [5, 5.41) is 5.67. The van der Waals surface area contributed by atoms with Gasteiger partial charge in [-0.05, 0) is 132 Å². The zero-order valence-electron chi connectivity index (χ0n) is 28.9. The second-order valence-corrected chi connectivity index (χ2v) is 15.8. The van der Waals surface area contributed by atoms with Gasteiger partial charge in [0.2, 0.25) is 0 Å². The normalized spacial score (nSPS) is 12.7. The highest BCUT2D eigenvalue weighted by Crippen LogP contribution is 2.41. The Morgan fingerprint density at radius 2 is 1.11 bits per heavy atom. The predicted molar refractivity (Wildman–Crippen MR) is 212 cm³/mol. The van der Waals surface area contributed by atoms with Gasteiger partial charge in [0.25, 0.3) is 11.8 Å². The first kappa shape index (κ1) is 38.3. The number of hydrogen-bond acceptors (Lipinski definition) is 8. The van der Waals surface area contributed by atoms with Gasteiger partial charge in [-0.15, -0.1) is 0 Å². The molecule has 8 nitrogen and oxygen atoms in total. The lowest BCUT2D eigenvalue weighted by atomic mass is 10.0. The molecule has 2 heterocycles. The van der Waals surface area contributed by atoms with Crippen molar-refractivity contribution in [3.63, 3.8) is 0 Å². The molecule has 2 aromatic heterocycles. The van der Waals surface area contributed by atoms with Gasteiger partial charge in [-0.3, -0.25) is 20.2 Å². The van der Waals surface area contributed by atoms with E-state index in [1.165, 1.54) is 51.0 Å². The Morgan fingerprint density at radius 1 is 0.655 bits per heavy atom. The van der Waals surface area contributed by atoms with Crippen LogP contribution in [-0.2, 0) is 30.4 Å². The molecule has 2 amide bonds. The monoisotopic (exact) mass is 896 g/mol. The molecule has 2 aliphatic rings. The summed E-state index contributed by atoms with van der Waals surface area (Å²) in [6.45, 7) is 0. The van der Waals surface area contributed by atoms with Gasteiger partial charge in [0.15, 0.2) is 10.3 Å². The molecule has 4 aromatic carbocycles. The number of anilines is 2. The standard InChI is InChI=1S/C21H16F2N2O3S.C19H13F2IN2OS/c1-28-20(27)12-8-9-13-11(10-12)4-2-7-16-18(13)29-21(24-16)25-19(26)17-14(22)5-3-6-15(17)23;20-13-4-2-5-14(21)16(13)18(25)24-19-23-15-6-1-3-10-9-11(22)7-8-12(10)17(15)26-19/h3,5-6,8-10H,2,4,7H2,1H3,(H,24,25,26);2,4-5,7-9H,1,3,6H2,(H,23,24,25). The van der Waals surface area contributed by atoms with E-state index in [0.29, 0.717) is 17.1 Å². The molecule has 0 radical (unpaired) electrons. The van der Waals surface area contributed by atoms with Crippen LogP contribution in [0.4, 0.5) is 27.8 Å². The van der Waals surface area contributed by atoms with E-state index >= 15 is 0 Å². The quantitative estimate of drug-likeness (QED) is 0.101. The average Bonchev–Trinajstić information content (AvgIpc) is 3.64. The van der Waals surface area contributed by atoms with Gasteiger partial charge in [-0.2, -0.15) is 0 Å². The number of thiazole rings is 2. The number of carbonyl (C=O) groups is 3. The summed E-state index contributed by atoms with van der Waals surface area (Å²) in [6.07, 6.45) is 5.06. The Balaban J connectivity index is 0.000000170. The lowest BCUT2D eigenvalue weighted by Crippen LogP contribution is -2.15. The van der Waals surface area contributed by atoms with E-state index in [1.807, 2.05) is 18.2 Å². The maximum atomic E-state index is 13.9. The van der Waals surface area contributed by atoms with Gasteiger partial charge in [0.05, 0.1) is 33.8 Å². The second kappa shape index (κ2) is 16.4. The molecule has 0 unspecified atom stereocenters. The van der Waals surface area contributed by atoms with Crippen molar-refractivity contribution < 1.29 is 36.7 Å². The van der Waals surface area contributed by atoms with Crippen molar-refractivity contribution in [1.29, 1.82) is 0 Å². The molecule has 55 heavy (non-hydrogen) atoms. The number of methoxy groups -OCH3 is 1. The van der Waals surface area contributed by atoms with Crippen LogP contribution in [0.2, 0.25) is 0 Å². The first-order valence-electron chi connectivity index (χ1n) is 17.0. The van der Waals surface area contributed by atoms with Crippen LogP contribution in [0.25, 0.3) is 20.9 Å². The number of amides is 2. The third kappa shape index (κ3) is 8.18. The first-order valence-corrected chi connectivity index (χ1v) is 19.7. The molecule has 0 aliphatic heterocycles. The van der Waals surface area contributed by atoms with Crippen molar-refractivity contribution in [2.75, 3.05) is 17.7 Å². The number of carbonyl (C=O) groups excluding carboxylic acids is 3. The largest absolute Gasteiger partial charge is 0.465 e. The molecule has 280 valence electrons. The molecule has 2 aliphatic carbocycles. The highest BCUT2D eigenvalue weighted by molar-refractivity contribution is 14.1. The summed E-state index contributed by atoms with van der Waals surface area (Å²) in [6, 6.07) is 18.2. The van der Waals surface area contributed by atoms with Crippen LogP contribution in [0.15, 0.2) is 72.8 Å². The van der Waals surface area contributed by atoms with Crippen LogP contribution in [0, 0.1) is 26.8 Å². The number of benzene rings is 4. The maximum Gasteiger partial charge on any atom is 0.337 e. The topological polar surface area (TPSA) is 110 Å². The van der Waals surface area contributed by atoms with Gasteiger partial charge in [0, 0.05) is 3.57 Å². The van der Waals surface area contributed by atoms with Crippen molar-refractivity contribution in [2.24, 2.45) is 0 Å².